The number of carbonyl (C=O) groups is 1. The van der Waals surface area contributed by atoms with Crippen LogP contribution in [0.2, 0.25) is 0 Å². The molecule has 0 bridgehead atoms. The van der Waals surface area contributed by atoms with Gasteiger partial charge in [-0.3, -0.25) is 0 Å². The summed E-state index contributed by atoms with van der Waals surface area (Å²) in [5.74, 6) is 1.70. The van der Waals surface area contributed by atoms with Gasteiger partial charge in [-0.15, -0.1) is 0 Å². The van der Waals surface area contributed by atoms with Gasteiger partial charge in [0.15, 0.2) is 0 Å². The van der Waals surface area contributed by atoms with Gasteiger partial charge in [0.05, 0.1) is 5.57 Å². The Labute approximate surface area is 123 Å². The molecule has 0 saturated carbocycles. The van der Waals surface area contributed by atoms with Crippen LogP contribution in [-0.4, -0.2) is 5.97 Å². The van der Waals surface area contributed by atoms with Crippen LogP contribution in [0.3, 0.4) is 0 Å². The molecule has 0 N–H and O–H groups in total. The first-order valence-corrected chi connectivity index (χ1v) is 6.97. The van der Waals surface area contributed by atoms with Crippen LogP contribution in [-0.2, 0) is 16.0 Å². The summed E-state index contributed by atoms with van der Waals surface area (Å²) in [6.45, 7) is 3.97. The first kappa shape index (κ1) is 13.4. The minimum Gasteiger partial charge on any atom is -0.462 e. The average Bonchev–Trinajstić information content (AvgIpc) is 3.06. The summed E-state index contributed by atoms with van der Waals surface area (Å²) in [5, 5.41) is 0. The zero-order valence-electron chi connectivity index (χ0n) is 12.1. The lowest BCUT2D eigenvalue weighted by molar-refractivity contribution is -0.130. The second-order valence-corrected chi connectivity index (χ2v) is 5.00. The standard InChI is InChI=1S/C18H16O3/c1-3-13-5-7-14(8-6-13)17-11-15(18(19)21-17)10-16-9-4-12(2)20-16/h4-11H,3H2,1-2H3/b15-10-. The van der Waals surface area contributed by atoms with Gasteiger partial charge in [-0.1, -0.05) is 31.2 Å². The fourth-order valence-electron chi connectivity index (χ4n) is 2.22. The molecule has 1 aliphatic heterocycles. The Hall–Kier alpha value is -2.55. The largest absolute Gasteiger partial charge is 0.462 e. The number of esters is 1. The van der Waals surface area contributed by atoms with E-state index in [1.165, 1.54) is 5.56 Å². The van der Waals surface area contributed by atoms with Crippen molar-refractivity contribution in [3.05, 3.63) is 70.7 Å². The SMILES string of the molecule is CCc1ccc(C2=C/C(=C/c3ccc(C)o3)C(=O)O2)cc1. The molecule has 0 aliphatic carbocycles. The van der Waals surface area contributed by atoms with Crippen LogP contribution >= 0.6 is 0 Å². The van der Waals surface area contributed by atoms with Crippen LogP contribution in [0.1, 0.15) is 29.6 Å². The lowest BCUT2D eigenvalue weighted by atomic mass is 10.1. The Balaban J connectivity index is 1.89. The third kappa shape index (κ3) is 2.82. The lowest BCUT2D eigenvalue weighted by Gasteiger charge is -2.02. The summed E-state index contributed by atoms with van der Waals surface area (Å²) in [5.41, 5.74) is 2.66. The van der Waals surface area contributed by atoms with E-state index in [2.05, 4.69) is 6.92 Å². The highest BCUT2D eigenvalue weighted by Crippen LogP contribution is 2.27. The Kier molecular flexibility index (Phi) is 3.48. The zero-order chi connectivity index (χ0) is 14.8. The smallest absolute Gasteiger partial charge is 0.343 e. The summed E-state index contributed by atoms with van der Waals surface area (Å²) >= 11 is 0. The van der Waals surface area contributed by atoms with E-state index in [9.17, 15) is 4.79 Å². The first-order chi connectivity index (χ1) is 10.2. The first-order valence-electron chi connectivity index (χ1n) is 6.97. The van der Waals surface area contributed by atoms with Crippen molar-refractivity contribution in [2.45, 2.75) is 20.3 Å². The maximum Gasteiger partial charge on any atom is 0.343 e. The van der Waals surface area contributed by atoms with Gasteiger partial charge < -0.3 is 9.15 Å². The van der Waals surface area contributed by atoms with E-state index in [1.54, 1.807) is 12.2 Å². The van der Waals surface area contributed by atoms with E-state index in [0.29, 0.717) is 17.1 Å². The van der Waals surface area contributed by atoms with Gasteiger partial charge in [0.25, 0.3) is 0 Å². The third-order valence-corrected chi connectivity index (χ3v) is 3.43. The molecule has 21 heavy (non-hydrogen) atoms. The molecule has 1 aromatic carbocycles. The summed E-state index contributed by atoms with van der Waals surface area (Å²) < 4.78 is 10.8. The maximum atomic E-state index is 11.9. The summed E-state index contributed by atoms with van der Waals surface area (Å²) in [6, 6.07) is 11.7. The molecule has 106 valence electrons. The van der Waals surface area contributed by atoms with Crippen molar-refractivity contribution in [3.63, 3.8) is 0 Å². The number of benzene rings is 1. The number of hydrogen-bond donors (Lipinski definition) is 0. The van der Waals surface area contributed by atoms with Gasteiger partial charge in [-0.25, -0.2) is 4.79 Å². The minimum absolute atomic E-state index is 0.348. The molecule has 0 radical (unpaired) electrons. The molecule has 2 heterocycles. The average molecular weight is 280 g/mol. The number of rotatable bonds is 3. The highest BCUT2D eigenvalue weighted by atomic mass is 16.5. The minimum atomic E-state index is -0.348. The van der Waals surface area contributed by atoms with Gasteiger partial charge in [-0.2, -0.15) is 0 Å². The molecule has 0 atom stereocenters. The molecular weight excluding hydrogens is 264 g/mol. The lowest BCUT2D eigenvalue weighted by Crippen LogP contribution is -1.97. The molecule has 2 aromatic rings. The normalized spacial score (nSPS) is 16.2. The number of hydrogen-bond acceptors (Lipinski definition) is 3. The van der Waals surface area contributed by atoms with Crippen LogP contribution in [0.5, 0.6) is 0 Å². The quantitative estimate of drug-likeness (QED) is 0.627. The number of furan rings is 1. The van der Waals surface area contributed by atoms with Crippen LogP contribution in [0.15, 0.2) is 52.5 Å². The van der Waals surface area contributed by atoms with E-state index < -0.39 is 0 Å². The maximum absolute atomic E-state index is 11.9. The summed E-state index contributed by atoms with van der Waals surface area (Å²) in [4.78, 5) is 11.9. The molecular formula is C18H16O3. The van der Waals surface area contributed by atoms with Crippen LogP contribution < -0.4 is 0 Å². The van der Waals surface area contributed by atoms with Gasteiger partial charge in [-0.05, 0) is 43.2 Å². The number of ether oxygens (including phenoxy) is 1. The molecule has 0 amide bonds. The topological polar surface area (TPSA) is 39.4 Å². The fourth-order valence-corrected chi connectivity index (χ4v) is 2.22. The third-order valence-electron chi connectivity index (χ3n) is 3.43. The molecule has 1 aliphatic rings. The summed E-state index contributed by atoms with van der Waals surface area (Å²) in [6.07, 6.45) is 4.44. The van der Waals surface area contributed by atoms with E-state index in [-0.39, 0.29) is 5.97 Å². The van der Waals surface area contributed by atoms with Crippen LogP contribution in [0, 0.1) is 6.92 Å². The van der Waals surface area contributed by atoms with Crippen molar-refractivity contribution in [2.24, 2.45) is 0 Å². The van der Waals surface area contributed by atoms with Crippen molar-refractivity contribution in [3.8, 4) is 0 Å². The summed E-state index contributed by atoms with van der Waals surface area (Å²) in [7, 11) is 0. The van der Waals surface area contributed by atoms with Crippen molar-refractivity contribution in [2.75, 3.05) is 0 Å². The zero-order valence-corrected chi connectivity index (χ0v) is 12.1. The van der Waals surface area contributed by atoms with E-state index in [0.717, 1.165) is 17.7 Å². The monoisotopic (exact) mass is 280 g/mol. The second-order valence-electron chi connectivity index (χ2n) is 5.00. The fraction of sp³-hybridized carbons (Fsp3) is 0.167. The highest BCUT2D eigenvalue weighted by molar-refractivity contribution is 6.04. The van der Waals surface area contributed by atoms with Crippen molar-refractivity contribution in [1.29, 1.82) is 0 Å². The van der Waals surface area contributed by atoms with Gasteiger partial charge in [0.2, 0.25) is 0 Å². The highest BCUT2D eigenvalue weighted by Gasteiger charge is 2.22. The molecule has 1 aromatic heterocycles. The molecule has 3 nitrogen and oxygen atoms in total. The molecule has 0 fully saturated rings. The predicted molar refractivity (Wildman–Crippen MR) is 81.3 cm³/mol. The van der Waals surface area contributed by atoms with Crippen molar-refractivity contribution in [1.82, 2.24) is 0 Å². The van der Waals surface area contributed by atoms with Gasteiger partial charge >= 0.3 is 5.97 Å². The van der Waals surface area contributed by atoms with Crippen molar-refractivity contribution < 1.29 is 13.9 Å². The number of carbonyl (C=O) groups excluding carboxylic acids is 1. The van der Waals surface area contributed by atoms with E-state index in [4.69, 9.17) is 9.15 Å². The Bertz CT molecular complexity index is 730. The van der Waals surface area contributed by atoms with Gasteiger partial charge in [0.1, 0.15) is 17.3 Å². The molecule has 0 saturated heterocycles. The molecule has 0 unspecified atom stereocenters. The Morgan fingerprint density at radius 3 is 2.48 bits per heavy atom. The van der Waals surface area contributed by atoms with Crippen molar-refractivity contribution >= 4 is 17.8 Å². The van der Waals surface area contributed by atoms with Crippen LogP contribution in [0.4, 0.5) is 0 Å². The predicted octanol–water partition coefficient (Wildman–Crippen LogP) is 4.13. The second kappa shape index (κ2) is 5.44. The van der Waals surface area contributed by atoms with Crippen LogP contribution in [0.25, 0.3) is 11.8 Å². The number of aryl methyl sites for hydroxylation is 2. The molecule has 3 rings (SSSR count). The Morgan fingerprint density at radius 1 is 1.10 bits per heavy atom. The Morgan fingerprint density at radius 2 is 1.86 bits per heavy atom. The molecule has 0 spiro atoms. The van der Waals surface area contributed by atoms with E-state index in [1.807, 2.05) is 43.3 Å². The van der Waals surface area contributed by atoms with Gasteiger partial charge in [0, 0.05) is 5.56 Å². The molecule has 3 heteroatoms. The number of cyclic esters (lactones) is 1. The van der Waals surface area contributed by atoms with E-state index >= 15 is 0 Å².